The molecule has 1 amide bonds. The second-order valence-corrected chi connectivity index (χ2v) is 6.36. The zero-order chi connectivity index (χ0) is 13.3. The van der Waals surface area contributed by atoms with Crippen LogP contribution in [0.3, 0.4) is 0 Å². The molecule has 6 heteroatoms. The lowest BCUT2D eigenvalue weighted by molar-refractivity contribution is 0.0704. The van der Waals surface area contributed by atoms with Crippen LogP contribution in [0.1, 0.15) is 16.1 Å². The van der Waals surface area contributed by atoms with Crippen LogP contribution in [0.15, 0.2) is 16.3 Å². The summed E-state index contributed by atoms with van der Waals surface area (Å²) in [7, 11) is 3.95. The van der Waals surface area contributed by atoms with Crippen molar-refractivity contribution in [2.75, 3.05) is 27.2 Å². The molecule has 2 unspecified atom stereocenters. The average Bonchev–Trinajstić information content (AvgIpc) is 2.83. The van der Waals surface area contributed by atoms with Gasteiger partial charge in [0, 0.05) is 29.4 Å². The number of likely N-dealkylation sites (N-methyl/N-ethyl adjacent to an activating group) is 1. The van der Waals surface area contributed by atoms with Crippen LogP contribution in [0.4, 0.5) is 0 Å². The van der Waals surface area contributed by atoms with Crippen molar-refractivity contribution >= 4 is 29.9 Å². The molecular weight excluding hydrogens is 268 g/mol. The van der Waals surface area contributed by atoms with Crippen LogP contribution in [0.25, 0.3) is 0 Å². The number of thiol groups is 1. The summed E-state index contributed by atoms with van der Waals surface area (Å²) in [6.07, 6.45) is 0.248. The van der Waals surface area contributed by atoms with Crippen LogP contribution in [0, 0.1) is 0 Å². The van der Waals surface area contributed by atoms with E-state index < -0.39 is 6.10 Å². The first-order chi connectivity index (χ1) is 8.47. The van der Waals surface area contributed by atoms with Gasteiger partial charge in [-0.15, -0.1) is 24.0 Å². The highest BCUT2D eigenvalue weighted by Gasteiger charge is 2.35. The van der Waals surface area contributed by atoms with Gasteiger partial charge in [-0.05, 0) is 26.6 Å². The number of hydrogen-bond acceptors (Lipinski definition) is 5. The largest absolute Gasteiger partial charge is 0.391 e. The molecule has 2 heterocycles. The highest BCUT2D eigenvalue weighted by atomic mass is 32.1. The Morgan fingerprint density at radius 2 is 2.39 bits per heavy atom. The van der Waals surface area contributed by atoms with Gasteiger partial charge in [-0.2, -0.15) is 0 Å². The van der Waals surface area contributed by atoms with Crippen molar-refractivity contribution in [3.63, 3.8) is 0 Å². The minimum atomic E-state index is -0.408. The molecule has 2 rings (SSSR count). The summed E-state index contributed by atoms with van der Waals surface area (Å²) in [5.74, 6) is 0.00343. The van der Waals surface area contributed by atoms with E-state index in [1.165, 1.54) is 11.3 Å². The minimum Gasteiger partial charge on any atom is -0.391 e. The van der Waals surface area contributed by atoms with Crippen LogP contribution in [-0.4, -0.2) is 60.1 Å². The molecule has 0 saturated carbocycles. The van der Waals surface area contributed by atoms with Crippen molar-refractivity contribution in [3.05, 3.63) is 16.3 Å². The molecule has 1 aromatic heterocycles. The monoisotopic (exact) mass is 286 g/mol. The van der Waals surface area contributed by atoms with Crippen molar-refractivity contribution in [2.24, 2.45) is 0 Å². The predicted molar refractivity (Wildman–Crippen MR) is 75.6 cm³/mol. The molecule has 0 aliphatic carbocycles. The first-order valence-electron chi connectivity index (χ1n) is 5.88. The number of aliphatic hydroxyl groups excluding tert-OH is 1. The van der Waals surface area contributed by atoms with Crippen molar-refractivity contribution in [1.29, 1.82) is 0 Å². The third kappa shape index (κ3) is 3.06. The number of carbonyl (C=O) groups is 1. The van der Waals surface area contributed by atoms with Gasteiger partial charge in [-0.25, -0.2) is 0 Å². The highest BCUT2D eigenvalue weighted by molar-refractivity contribution is 7.80. The number of amides is 1. The zero-order valence-corrected chi connectivity index (χ0v) is 12.2. The maximum Gasteiger partial charge on any atom is 0.264 e. The van der Waals surface area contributed by atoms with Gasteiger partial charge >= 0.3 is 0 Å². The van der Waals surface area contributed by atoms with Gasteiger partial charge in [-0.1, -0.05) is 0 Å². The van der Waals surface area contributed by atoms with Gasteiger partial charge in [0.1, 0.15) is 0 Å². The Labute approximate surface area is 117 Å². The summed E-state index contributed by atoms with van der Waals surface area (Å²) in [5.41, 5.74) is 0. The molecule has 1 aliphatic rings. The number of hydrogen-bond donors (Lipinski definition) is 2. The van der Waals surface area contributed by atoms with Crippen LogP contribution in [0.5, 0.6) is 0 Å². The van der Waals surface area contributed by atoms with E-state index >= 15 is 0 Å². The number of thiophene rings is 1. The summed E-state index contributed by atoms with van der Waals surface area (Å²) in [6, 6.07) is 1.88. The fraction of sp³-hybridized carbons (Fsp3) is 0.583. The lowest BCUT2D eigenvalue weighted by Crippen LogP contribution is -2.41. The molecule has 1 aromatic rings. The molecule has 1 N–H and O–H groups in total. The standard InChI is InChI=1S/C12H18N2O2S2/c1-13(2)5-8-3-9(15)6-14(8)12(16)11-4-10(17)7-18-11/h4,7-9,15,17H,3,5-6H2,1-2H3. The van der Waals surface area contributed by atoms with Gasteiger partial charge in [0.25, 0.3) is 5.91 Å². The van der Waals surface area contributed by atoms with Crippen LogP contribution >= 0.6 is 24.0 Å². The molecule has 0 spiro atoms. The molecule has 1 aliphatic heterocycles. The Morgan fingerprint density at radius 3 is 2.94 bits per heavy atom. The van der Waals surface area contributed by atoms with Crippen LogP contribution in [0.2, 0.25) is 0 Å². The Bertz CT molecular complexity index is 433. The predicted octanol–water partition coefficient (Wildman–Crippen LogP) is 1.17. The summed E-state index contributed by atoms with van der Waals surface area (Å²) < 4.78 is 0. The Balaban J connectivity index is 2.12. The number of likely N-dealkylation sites (tertiary alicyclic amines) is 1. The maximum atomic E-state index is 12.4. The average molecular weight is 286 g/mol. The third-order valence-electron chi connectivity index (χ3n) is 3.03. The van der Waals surface area contributed by atoms with E-state index in [-0.39, 0.29) is 11.9 Å². The molecule has 0 bridgehead atoms. The number of β-amino-alcohol motifs (C(OH)–C–C–N with tert-alkyl or cyclic N) is 1. The Morgan fingerprint density at radius 1 is 1.67 bits per heavy atom. The number of carbonyl (C=O) groups excluding carboxylic acids is 1. The molecule has 18 heavy (non-hydrogen) atoms. The summed E-state index contributed by atoms with van der Waals surface area (Å²) in [6.45, 7) is 1.21. The highest BCUT2D eigenvalue weighted by Crippen LogP contribution is 2.25. The van der Waals surface area contributed by atoms with E-state index in [4.69, 9.17) is 0 Å². The molecule has 4 nitrogen and oxygen atoms in total. The molecule has 100 valence electrons. The fourth-order valence-corrected chi connectivity index (χ4v) is 3.42. The lowest BCUT2D eigenvalue weighted by Gasteiger charge is -2.26. The van der Waals surface area contributed by atoms with Gasteiger partial charge < -0.3 is 14.9 Å². The van der Waals surface area contributed by atoms with Gasteiger partial charge in [0.2, 0.25) is 0 Å². The van der Waals surface area contributed by atoms with Crippen molar-refractivity contribution in [1.82, 2.24) is 9.80 Å². The topological polar surface area (TPSA) is 43.8 Å². The molecule has 0 aromatic carbocycles. The second kappa shape index (κ2) is 5.61. The summed E-state index contributed by atoms with van der Waals surface area (Å²) in [5, 5.41) is 11.6. The lowest BCUT2D eigenvalue weighted by atomic mass is 10.2. The van der Waals surface area contributed by atoms with Crippen molar-refractivity contribution in [3.8, 4) is 0 Å². The number of rotatable bonds is 3. The molecule has 1 fully saturated rings. The zero-order valence-electron chi connectivity index (χ0n) is 10.5. The van der Waals surface area contributed by atoms with Gasteiger partial charge in [0.15, 0.2) is 0 Å². The second-order valence-electron chi connectivity index (χ2n) is 4.93. The van der Waals surface area contributed by atoms with E-state index in [2.05, 4.69) is 12.6 Å². The maximum absolute atomic E-state index is 12.4. The first-order valence-corrected chi connectivity index (χ1v) is 7.21. The quantitative estimate of drug-likeness (QED) is 0.820. The minimum absolute atomic E-state index is 0.00343. The van der Waals surface area contributed by atoms with Crippen molar-refractivity contribution in [2.45, 2.75) is 23.5 Å². The Kier molecular flexibility index (Phi) is 4.32. The molecule has 0 radical (unpaired) electrons. The molecule has 2 atom stereocenters. The number of nitrogens with zero attached hydrogens (tertiary/aromatic N) is 2. The Hall–Kier alpha value is -0.560. The van der Waals surface area contributed by atoms with Gasteiger partial charge in [0.05, 0.1) is 11.0 Å². The van der Waals surface area contributed by atoms with E-state index in [1.807, 2.05) is 24.4 Å². The van der Waals surface area contributed by atoms with Crippen LogP contribution in [-0.2, 0) is 0 Å². The van der Waals surface area contributed by atoms with E-state index in [1.54, 1.807) is 11.0 Å². The third-order valence-corrected chi connectivity index (χ3v) is 4.38. The van der Waals surface area contributed by atoms with E-state index in [0.29, 0.717) is 17.8 Å². The van der Waals surface area contributed by atoms with Crippen LogP contribution < -0.4 is 0 Å². The SMILES string of the molecule is CN(C)CC1CC(O)CN1C(=O)c1cc(S)cs1. The first kappa shape index (κ1) is 13.9. The smallest absolute Gasteiger partial charge is 0.264 e. The summed E-state index contributed by atoms with van der Waals surface area (Å²) >= 11 is 5.62. The van der Waals surface area contributed by atoms with E-state index in [9.17, 15) is 9.90 Å². The molecule has 1 saturated heterocycles. The normalized spacial score (nSPS) is 23.9. The van der Waals surface area contributed by atoms with E-state index in [0.717, 1.165) is 11.4 Å². The van der Waals surface area contributed by atoms with Gasteiger partial charge in [-0.3, -0.25) is 4.79 Å². The molecular formula is C12H18N2O2S2. The summed E-state index contributed by atoms with van der Waals surface area (Å²) in [4.78, 5) is 17.7. The van der Waals surface area contributed by atoms with Crippen molar-refractivity contribution < 1.29 is 9.90 Å². The number of aliphatic hydroxyl groups is 1. The fourth-order valence-electron chi connectivity index (χ4n) is 2.32.